The van der Waals surface area contributed by atoms with Crippen LogP contribution in [0, 0.1) is 0 Å². The topological polar surface area (TPSA) is 73.6 Å². The molecule has 1 aromatic carbocycles. The molecule has 126 valence electrons. The molecule has 0 aromatic heterocycles. The van der Waals surface area contributed by atoms with E-state index in [-0.39, 0.29) is 30.8 Å². The Morgan fingerprint density at radius 1 is 1.32 bits per heavy atom. The Kier molecular flexibility index (Phi) is 10.6. The van der Waals surface area contributed by atoms with E-state index in [0.29, 0.717) is 25.6 Å². The smallest absolute Gasteiger partial charge is 0.222 e. The van der Waals surface area contributed by atoms with Gasteiger partial charge in [0, 0.05) is 13.7 Å². The van der Waals surface area contributed by atoms with Crippen molar-refractivity contribution < 1.29 is 14.3 Å². The third kappa shape index (κ3) is 7.11. The van der Waals surface area contributed by atoms with E-state index in [2.05, 4.69) is 25.2 Å². The minimum Gasteiger partial charge on any atom is -0.491 e. The normalized spacial score (nSPS) is 11.7. The van der Waals surface area contributed by atoms with Gasteiger partial charge >= 0.3 is 0 Å². The third-order valence-electron chi connectivity index (χ3n) is 3.23. The van der Waals surface area contributed by atoms with Crippen LogP contribution < -0.4 is 15.8 Å². The van der Waals surface area contributed by atoms with Crippen molar-refractivity contribution in [3.05, 3.63) is 29.8 Å². The van der Waals surface area contributed by atoms with Crippen molar-refractivity contribution in [2.24, 2.45) is 5.73 Å². The average Bonchev–Trinajstić information content (AvgIpc) is 2.49. The molecule has 1 atom stereocenters. The standard InChI is InChI=1S/C16H26N2O3.ClH/c1-12(2)14-6-4-5-7-15(14)21-9-8-18-16(19)10-13(11-17)20-3;/h4-7,12-13H,8-11,17H2,1-3H3,(H,18,19);1H. The first kappa shape index (κ1) is 20.7. The molecule has 5 nitrogen and oxygen atoms in total. The highest BCUT2D eigenvalue weighted by atomic mass is 35.5. The van der Waals surface area contributed by atoms with Crippen LogP contribution in [-0.4, -0.2) is 38.8 Å². The van der Waals surface area contributed by atoms with Crippen LogP contribution in [0.25, 0.3) is 0 Å². The number of rotatable bonds is 9. The molecule has 0 radical (unpaired) electrons. The van der Waals surface area contributed by atoms with Crippen LogP contribution in [0.1, 0.15) is 31.7 Å². The molecule has 0 aliphatic heterocycles. The van der Waals surface area contributed by atoms with E-state index in [4.69, 9.17) is 15.2 Å². The molecule has 0 spiro atoms. The number of halogens is 1. The maximum absolute atomic E-state index is 11.7. The van der Waals surface area contributed by atoms with Gasteiger partial charge in [-0.2, -0.15) is 0 Å². The molecule has 1 rings (SSSR count). The zero-order valence-electron chi connectivity index (χ0n) is 13.5. The van der Waals surface area contributed by atoms with Gasteiger partial charge in [0.2, 0.25) is 5.91 Å². The highest BCUT2D eigenvalue weighted by molar-refractivity contribution is 5.85. The number of carbonyl (C=O) groups excluding carboxylic acids is 1. The SMILES string of the molecule is COC(CN)CC(=O)NCCOc1ccccc1C(C)C.Cl. The summed E-state index contributed by atoms with van der Waals surface area (Å²) < 4.78 is 10.8. The summed E-state index contributed by atoms with van der Waals surface area (Å²) in [5.41, 5.74) is 6.65. The molecule has 1 amide bonds. The van der Waals surface area contributed by atoms with Crippen LogP contribution in [0.5, 0.6) is 5.75 Å². The summed E-state index contributed by atoms with van der Waals surface area (Å²) in [6, 6.07) is 7.96. The van der Waals surface area contributed by atoms with Crippen molar-refractivity contribution >= 4 is 18.3 Å². The van der Waals surface area contributed by atoms with E-state index in [1.807, 2.05) is 18.2 Å². The molecule has 3 N–H and O–H groups in total. The van der Waals surface area contributed by atoms with Crippen LogP contribution in [-0.2, 0) is 9.53 Å². The zero-order chi connectivity index (χ0) is 15.7. The number of carbonyl (C=O) groups is 1. The first-order chi connectivity index (χ1) is 10.1. The quantitative estimate of drug-likeness (QED) is 0.680. The summed E-state index contributed by atoms with van der Waals surface area (Å²) in [4.78, 5) is 11.7. The summed E-state index contributed by atoms with van der Waals surface area (Å²) in [7, 11) is 1.55. The van der Waals surface area contributed by atoms with Gasteiger partial charge in [-0.3, -0.25) is 4.79 Å². The van der Waals surface area contributed by atoms with Crippen molar-refractivity contribution in [2.75, 3.05) is 26.8 Å². The van der Waals surface area contributed by atoms with E-state index in [1.165, 1.54) is 5.56 Å². The molecule has 0 fully saturated rings. The Hall–Kier alpha value is -1.30. The molecule has 0 saturated heterocycles. The second-order valence-corrected chi connectivity index (χ2v) is 5.19. The first-order valence-electron chi connectivity index (χ1n) is 7.29. The van der Waals surface area contributed by atoms with E-state index in [0.717, 1.165) is 5.75 Å². The predicted octanol–water partition coefficient (Wildman–Crippen LogP) is 2.09. The number of hydrogen-bond donors (Lipinski definition) is 2. The Balaban J connectivity index is 0.00000441. The summed E-state index contributed by atoms with van der Waals surface area (Å²) in [6.45, 7) is 5.49. The predicted molar refractivity (Wildman–Crippen MR) is 90.8 cm³/mol. The van der Waals surface area contributed by atoms with Crippen LogP contribution in [0.4, 0.5) is 0 Å². The van der Waals surface area contributed by atoms with Gasteiger partial charge in [-0.1, -0.05) is 32.0 Å². The molecule has 0 heterocycles. The Bertz CT molecular complexity index is 437. The average molecular weight is 331 g/mol. The van der Waals surface area contributed by atoms with Gasteiger partial charge in [-0.25, -0.2) is 0 Å². The highest BCUT2D eigenvalue weighted by Crippen LogP contribution is 2.25. The Labute approximate surface area is 139 Å². The maximum Gasteiger partial charge on any atom is 0.222 e. The minimum absolute atomic E-state index is 0. The number of nitrogens with two attached hydrogens (primary N) is 1. The van der Waals surface area contributed by atoms with Gasteiger partial charge in [-0.05, 0) is 17.5 Å². The van der Waals surface area contributed by atoms with Crippen molar-refractivity contribution in [3.63, 3.8) is 0 Å². The number of para-hydroxylation sites is 1. The molecule has 0 aliphatic rings. The molecule has 1 unspecified atom stereocenters. The van der Waals surface area contributed by atoms with Gasteiger partial charge in [0.15, 0.2) is 0 Å². The summed E-state index contributed by atoms with van der Waals surface area (Å²) >= 11 is 0. The van der Waals surface area contributed by atoms with E-state index >= 15 is 0 Å². The first-order valence-corrected chi connectivity index (χ1v) is 7.29. The van der Waals surface area contributed by atoms with Crippen molar-refractivity contribution in [1.82, 2.24) is 5.32 Å². The van der Waals surface area contributed by atoms with Gasteiger partial charge < -0.3 is 20.5 Å². The monoisotopic (exact) mass is 330 g/mol. The van der Waals surface area contributed by atoms with Crippen molar-refractivity contribution in [3.8, 4) is 5.75 Å². The molecular formula is C16H27ClN2O3. The van der Waals surface area contributed by atoms with Gasteiger partial charge in [-0.15, -0.1) is 12.4 Å². The van der Waals surface area contributed by atoms with E-state index < -0.39 is 0 Å². The molecule has 1 aromatic rings. The summed E-state index contributed by atoms with van der Waals surface area (Å²) in [6.07, 6.45) is 0.0443. The molecule has 0 saturated carbocycles. The minimum atomic E-state index is -0.229. The Morgan fingerprint density at radius 3 is 2.59 bits per heavy atom. The molecule has 6 heteroatoms. The fraction of sp³-hybridized carbons (Fsp3) is 0.562. The largest absolute Gasteiger partial charge is 0.491 e. The lowest BCUT2D eigenvalue weighted by Crippen LogP contribution is -2.34. The fourth-order valence-corrected chi connectivity index (χ4v) is 1.98. The van der Waals surface area contributed by atoms with Gasteiger partial charge in [0.25, 0.3) is 0 Å². The fourth-order valence-electron chi connectivity index (χ4n) is 1.98. The lowest BCUT2D eigenvalue weighted by atomic mass is 10.0. The van der Waals surface area contributed by atoms with Crippen molar-refractivity contribution in [2.45, 2.75) is 32.3 Å². The third-order valence-corrected chi connectivity index (χ3v) is 3.23. The lowest BCUT2D eigenvalue weighted by molar-refractivity contribution is -0.123. The number of benzene rings is 1. The molecule has 0 bridgehead atoms. The number of amides is 1. The number of nitrogens with one attached hydrogen (secondary N) is 1. The number of methoxy groups -OCH3 is 1. The summed E-state index contributed by atoms with van der Waals surface area (Å²) in [5.74, 6) is 1.20. The number of ether oxygens (including phenoxy) is 2. The van der Waals surface area contributed by atoms with Gasteiger partial charge in [0.05, 0.1) is 19.1 Å². The van der Waals surface area contributed by atoms with Gasteiger partial charge in [0.1, 0.15) is 12.4 Å². The van der Waals surface area contributed by atoms with E-state index in [9.17, 15) is 4.79 Å². The Morgan fingerprint density at radius 2 is 2.00 bits per heavy atom. The second-order valence-electron chi connectivity index (χ2n) is 5.19. The molecule has 22 heavy (non-hydrogen) atoms. The second kappa shape index (κ2) is 11.3. The van der Waals surface area contributed by atoms with Crippen molar-refractivity contribution in [1.29, 1.82) is 0 Å². The highest BCUT2D eigenvalue weighted by Gasteiger charge is 2.11. The zero-order valence-corrected chi connectivity index (χ0v) is 14.3. The maximum atomic E-state index is 11.7. The lowest BCUT2D eigenvalue weighted by Gasteiger charge is -2.15. The van der Waals surface area contributed by atoms with Crippen LogP contribution >= 0.6 is 12.4 Å². The van der Waals surface area contributed by atoms with Crippen LogP contribution in [0.3, 0.4) is 0 Å². The van der Waals surface area contributed by atoms with Crippen LogP contribution in [0.2, 0.25) is 0 Å². The molecule has 0 aliphatic carbocycles. The molecular weight excluding hydrogens is 304 g/mol. The number of hydrogen-bond acceptors (Lipinski definition) is 4. The summed E-state index contributed by atoms with van der Waals surface area (Å²) in [5, 5.41) is 2.80. The van der Waals surface area contributed by atoms with E-state index in [1.54, 1.807) is 7.11 Å². The van der Waals surface area contributed by atoms with Crippen LogP contribution in [0.15, 0.2) is 24.3 Å².